The van der Waals surface area contributed by atoms with Gasteiger partial charge in [-0.15, -0.1) is 11.6 Å². The molecule has 0 fully saturated rings. The van der Waals surface area contributed by atoms with E-state index in [0.29, 0.717) is 12.5 Å². The zero-order valence-electron chi connectivity index (χ0n) is 7.82. The van der Waals surface area contributed by atoms with Crippen LogP contribution in [0.2, 0.25) is 0 Å². The van der Waals surface area contributed by atoms with E-state index in [1.807, 2.05) is 20.8 Å². The molecule has 4 heteroatoms. The van der Waals surface area contributed by atoms with Gasteiger partial charge in [-0.2, -0.15) is 0 Å². The first-order valence-electron chi connectivity index (χ1n) is 3.96. The zero-order chi connectivity index (χ0) is 9.61. The number of nitrogens with one attached hydrogen (secondary N) is 1. The minimum atomic E-state index is -0.351. The number of carbonyl (C=O) groups excluding carboxylic acids is 1. The molecule has 0 heterocycles. The number of rotatable bonds is 5. The molecule has 0 radical (unpaired) electrons. The first kappa shape index (κ1) is 11.7. The molecule has 0 unspecified atom stereocenters. The van der Waals surface area contributed by atoms with Gasteiger partial charge in [-0.05, 0) is 20.8 Å². The van der Waals surface area contributed by atoms with Crippen molar-refractivity contribution in [3.8, 4) is 0 Å². The first-order valence-corrected chi connectivity index (χ1v) is 4.50. The maximum atomic E-state index is 11.1. The van der Waals surface area contributed by atoms with Crippen molar-refractivity contribution >= 4 is 17.5 Å². The van der Waals surface area contributed by atoms with E-state index in [1.165, 1.54) is 0 Å². The molecular formula is C8H16ClNO2. The molecular weight excluding hydrogens is 178 g/mol. The number of hydrogen-bond acceptors (Lipinski definition) is 2. The molecule has 0 aliphatic rings. The minimum absolute atomic E-state index is 0.108. The third-order valence-corrected chi connectivity index (χ3v) is 1.92. The van der Waals surface area contributed by atoms with Gasteiger partial charge < -0.3 is 10.1 Å². The molecule has 0 aromatic heterocycles. The lowest BCUT2D eigenvalue weighted by Gasteiger charge is -2.22. The fourth-order valence-corrected chi connectivity index (χ4v) is 0.708. The van der Waals surface area contributed by atoms with E-state index >= 15 is 0 Å². The Morgan fingerprint density at radius 3 is 2.58 bits per heavy atom. The van der Waals surface area contributed by atoms with Crippen LogP contribution in [0.4, 0.5) is 0 Å². The van der Waals surface area contributed by atoms with Gasteiger partial charge in [0.15, 0.2) is 0 Å². The summed E-state index contributed by atoms with van der Waals surface area (Å²) in [4.78, 5) is 11.1. The van der Waals surface area contributed by atoms with Gasteiger partial charge in [-0.3, -0.25) is 4.79 Å². The number of amides is 1. The van der Waals surface area contributed by atoms with Crippen LogP contribution in [0.25, 0.3) is 0 Å². The maximum Gasteiger partial charge on any atom is 0.246 e. The Balaban J connectivity index is 3.68. The molecule has 0 atom stereocenters. The molecule has 0 saturated carbocycles. The normalized spacial score (nSPS) is 11.3. The third kappa shape index (κ3) is 5.38. The SMILES string of the molecule is CCOCC(=O)NC(C)(C)CCl. The summed E-state index contributed by atoms with van der Waals surface area (Å²) < 4.78 is 4.93. The zero-order valence-corrected chi connectivity index (χ0v) is 8.57. The highest BCUT2D eigenvalue weighted by atomic mass is 35.5. The van der Waals surface area contributed by atoms with Crippen LogP contribution in [-0.4, -0.2) is 30.5 Å². The lowest BCUT2D eigenvalue weighted by Crippen LogP contribution is -2.46. The summed E-state index contributed by atoms with van der Waals surface area (Å²) in [6.45, 7) is 6.24. The van der Waals surface area contributed by atoms with Crippen molar-refractivity contribution in [2.75, 3.05) is 19.1 Å². The fourth-order valence-electron chi connectivity index (χ4n) is 0.642. The largest absolute Gasteiger partial charge is 0.372 e. The van der Waals surface area contributed by atoms with Crippen molar-refractivity contribution < 1.29 is 9.53 Å². The summed E-state index contributed by atoms with van der Waals surface area (Å²) in [5.41, 5.74) is -0.351. The molecule has 0 aliphatic heterocycles. The molecule has 1 N–H and O–H groups in total. The third-order valence-electron chi connectivity index (χ3n) is 1.25. The maximum absolute atomic E-state index is 11.1. The predicted octanol–water partition coefficient (Wildman–Crippen LogP) is 1.16. The monoisotopic (exact) mass is 193 g/mol. The molecule has 3 nitrogen and oxygen atoms in total. The Morgan fingerprint density at radius 1 is 1.58 bits per heavy atom. The average molecular weight is 194 g/mol. The predicted molar refractivity (Wildman–Crippen MR) is 49.4 cm³/mol. The van der Waals surface area contributed by atoms with Crippen molar-refractivity contribution in [2.24, 2.45) is 0 Å². The fraction of sp³-hybridized carbons (Fsp3) is 0.875. The highest BCUT2D eigenvalue weighted by Gasteiger charge is 2.18. The van der Waals surface area contributed by atoms with Gasteiger partial charge >= 0.3 is 0 Å². The van der Waals surface area contributed by atoms with E-state index in [2.05, 4.69) is 5.32 Å². The van der Waals surface area contributed by atoms with Crippen molar-refractivity contribution in [1.82, 2.24) is 5.32 Å². The Bertz CT molecular complexity index is 148. The summed E-state index contributed by atoms with van der Waals surface area (Å²) in [5, 5.41) is 2.74. The van der Waals surface area contributed by atoms with Gasteiger partial charge in [0.25, 0.3) is 0 Å². The van der Waals surface area contributed by atoms with Crippen molar-refractivity contribution in [3.05, 3.63) is 0 Å². The highest BCUT2D eigenvalue weighted by Crippen LogP contribution is 2.03. The summed E-state index contributed by atoms with van der Waals surface area (Å²) >= 11 is 5.62. The Kier molecular flexibility index (Phi) is 5.25. The van der Waals surface area contributed by atoms with Crippen LogP contribution in [0, 0.1) is 0 Å². The van der Waals surface area contributed by atoms with Crippen molar-refractivity contribution in [3.63, 3.8) is 0 Å². The van der Waals surface area contributed by atoms with Crippen molar-refractivity contribution in [1.29, 1.82) is 0 Å². The Morgan fingerprint density at radius 2 is 2.17 bits per heavy atom. The Hall–Kier alpha value is -0.280. The van der Waals surface area contributed by atoms with E-state index in [-0.39, 0.29) is 18.1 Å². The second-order valence-corrected chi connectivity index (χ2v) is 3.47. The lowest BCUT2D eigenvalue weighted by atomic mass is 10.1. The van der Waals surface area contributed by atoms with Crippen LogP contribution in [0.3, 0.4) is 0 Å². The second kappa shape index (κ2) is 5.38. The van der Waals surface area contributed by atoms with Gasteiger partial charge in [0.1, 0.15) is 6.61 Å². The van der Waals surface area contributed by atoms with Crippen LogP contribution >= 0.6 is 11.6 Å². The van der Waals surface area contributed by atoms with Crippen LogP contribution in [0.5, 0.6) is 0 Å². The van der Waals surface area contributed by atoms with E-state index in [4.69, 9.17) is 16.3 Å². The molecule has 0 spiro atoms. The molecule has 0 aliphatic carbocycles. The molecule has 72 valence electrons. The van der Waals surface area contributed by atoms with E-state index < -0.39 is 0 Å². The highest BCUT2D eigenvalue weighted by molar-refractivity contribution is 6.18. The number of ether oxygens (including phenoxy) is 1. The van der Waals surface area contributed by atoms with Crippen LogP contribution < -0.4 is 5.32 Å². The number of carbonyl (C=O) groups is 1. The molecule has 0 bridgehead atoms. The summed E-state index contributed by atoms with van der Waals surface area (Å²) in [6.07, 6.45) is 0. The minimum Gasteiger partial charge on any atom is -0.372 e. The summed E-state index contributed by atoms with van der Waals surface area (Å²) in [7, 11) is 0. The van der Waals surface area contributed by atoms with Crippen molar-refractivity contribution in [2.45, 2.75) is 26.3 Å². The van der Waals surface area contributed by atoms with Gasteiger partial charge in [0.2, 0.25) is 5.91 Å². The number of alkyl halides is 1. The van der Waals surface area contributed by atoms with Gasteiger partial charge in [-0.1, -0.05) is 0 Å². The quantitative estimate of drug-likeness (QED) is 0.666. The summed E-state index contributed by atoms with van der Waals surface area (Å²) in [5.74, 6) is 0.271. The summed E-state index contributed by atoms with van der Waals surface area (Å²) in [6, 6.07) is 0. The van der Waals surface area contributed by atoms with E-state index in [1.54, 1.807) is 0 Å². The molecule has 0 aromatic rings. The van der Waals surface area contributed by atoms with Crippen LogP contribution in [0.15, 0.2) is 0 Å². The van der Waals surface area contributed by atoms with E-state index in [9.17, 15) is 4.79 Å². The van der Waals surface area contributed by atoms with Gasteiger partial charge in [0, 0.05) is 18.0 Å². The molecule has 0 saturated heterocycles. The molecule has 0 aromatic carbocycles. The van der Waals surface area contributed by atoms with Gasteiger partial charge in [-0.25, -0.2) is 0 Å². The van der Waals surface area contributed by atoms with E-state index in [0.717, 1.165) is 0 Å². The first-order chi connectivity index (χ1) is 5.52. The second-order valence-electron chi connectivity index (χ2n) is 3.20. The standard InChI is InChI=1S/C8H16ClNO2/c1-4-12-5-7(11)10-8(2,3)6-9/h4-6H2,1-3H3,(H,10,11). The Labute approximate surface area is 78.4 Å². The topological polar surface area (TPSA) is 38.3 Å². The van der Waals surface area contributed by atoms with Crippen LogP contribution in [-0.2, 0) is 9.53 Å². The smallest absolute Gasteiger partial charge is 0.246 e. The lowest BCUT2D eigenvalue weighted by molar-refractivity contribution is -0.126. The molecule has 1 amide bonds. The van der Waals surface area contributed by atoms with Gasteiger partial charge in [0.05, 0.1) is 0 Å². The van der Waals surface area contributed by atoms with Crippen LogP contribution in [0.1, 0.15) is 20.8 Å². The number of hydrogen-bond donors (Lipinski definition) is 1. The number of halogens is 1. The molecule has 0 rings (SSSR count). The molecule has 12 heavy (non-hydrogen) atoms. The average Bonchev–Trinajstić information content (AvgIpc) is 2.00.